The molecule has 144 valence electrons. The van der Waals surface area contributed by atoms with Crippen LogP contribution in [0.3, 0.4) is 0 Å². The van der Waals surface area contributed by atoms with Gasteiger partial charge in [-0.15, -0.1) is 0 Å². The van der Waals surface area contributed by atoms with Gasteiger partial charge < -0.3 is 16.0 Å². The monoisotopic (exact) mass is 364 g/mol. The fourth-order valence-corrected chi connectivity index (χ4v) is 2.83. The van der Waals surface area contributed by atoms with Gasteiger partial charge >= 0.3 is 0 Å². The van der Waals surface area contributed by atoms with E-state index in [4.69, 9.17) is 5.73 Å². The van der Waals surface area contributed by atoms with E-state index in [1.807, 2.05) is 25.7 Å². The number of carbonyl (C=O) groups excluding carboxylic acids is 2. The lowest BCUT2D eigenvalue weighted by Gasteiger charge is -2.38. The summed E-state index contributed by atoms with van der Waals surface area (Å²) in [6.45, 7) is 9.71. The predicted octanol–water partition coefficient (Wildman–Crippen LogP) is 1.07. The molecule has 0 aromatic heterocycles. The van der Waals surface area contributed by atoms with Crippen molar-refractivity contribution in [2.45, 2.75) is 26.8 Å². The molecule has 3 N–H and O–H groups in total. The highest BCUT2D eigenvalue weighted by Gasteiger charge is 2.32. The molecule has 0 saturated carbocycles. The number of nitrogens with zero attached hydrogens (tertiary/aromatic N) is 2. The van der Waals surface area contributed by atoms with Crippen molar-refractivity contribution in [1.29, 1.82) is 0 Å². The summed E-state index contributed by atoms with van der Waals surface area (Å²) in [7, 11) is 0. The van der Waals surface area contributed by atoms with E-state index in [1.54, 1.807) is 12.1 Å². The fraction of sp³-hybridized carbons (Fsp3) is 0.579. The second-order valence-corrected chi connectivity index (χ2v) is 7.75. The minimum atomic E-state index is -0.521. The number of piperazine rings is 1. The molecular formula is C19H29FN4O2. The van der Waals surface area contributed by atoms with E-state index in [-0.39, 0.29) is 16.9 Å². The molecule has 2 amide bonds. The zero-order valence-corrected chi connectivity index (χ0v) is 15.8. The maximum absolute atomic E-state index is 13.6. The summed E-state index contributed by atoms with van der Waals surface area (Å²) in [4.78, 5) is 28.4. The van der Waals surface area contributed by atoms with Crippen molar-refractivity contribution in [2.75, 3.05) is 39.3 Å². The molecule has 0 bridgehead atoms. The van der Waals surface area contributed by atoms with Crippen molar-refractivity contribution in [1.82, 2.24) is 15.1 Å². The first-order chi connectivity index (χ1) is 12.2. The Morgan fingerprint density at radius 2 is 1.81 bits per heavy atom. The van der Waals surface area contributed by atoms with Crippen molar-refractivity contribution in [3.8, 4) is 0 Å². The van der Waals surface area contributed by atoms with E-state index in [9.17, 15) is 14.0 Å². The third-order valence-electron chi connectivity index (χ3n) is 4.72. The summed E-state index contributed by atoms with van der Waals surface area (Å²) in [6, 6.07) is 5.42. The van der Waals surface area contributed by atoms with Crippen molar-refractivity contribution >= 4 is 11.8 Å². The maximum atomic E-state index is 13.6. The fourth-order valence-electron chi connectivity index (χ4n) is 2.83. The van der Waals surface area contributed by atoms with Crippen LogP contribution in [0.2, 0.25) is 0 Å². The number of hydrogen-bond acceptors (Lipinski definition) is 4. The van der Waals surface area contributed by atoms with Crippen molar-refractivity contribution in [3.05, 3.63) is 35.6 Å². The van der Waals surface area contributed by atoms with E-state index in [0.29, 0.717) is 26.2 Å². The highest BCUT2D eigenvalue weighted by molar-refractivity contribution is 5.94. The van der Waals surface area contributed by atoms with Gasteiger partial charge in [-0.05, 0) is 17.5 Å². The molecule has 6 nitrogen and oxygen atoms in total. The molecule has 7 heteroatoms. The number of rotatable bonds is 5. The molecule has 26 heavy (non-hydrogen) atoms. The summed E-state index contributed by atoms with van der Waals surface area (Å²) < 4.78 is 13.6. The normalized spacial score (nSPS) is 17.0. The van der Waals surface area contributed by atoms with E-state index >= 15 is 0 Å². The summed E-state index contributed by atoms with van der Waals surface area (Å²) in [5.74, 6) is -0.939. The SMILES string of the molecule is CC(C)(C)[C@H](N)C(=O)N1CCN(CCNC(=O)c2ccccc2F)CC1. The Morgan fingerprint density at radius 1 is 1.19 bits per heavy atom. The molecule has 1 fully saturated rings. The second kappa shape index (κ2) is 8.60. The molecule has 0 unspecified atom stereocenters. The van der Waals surface area contributed by atoms with Crippen LogP contribution in [0.1, 0.15) is 31.1 Å². The van der Waals surface area contributed by atoms with Gasteiger partial charge in [-0.2, -0.15) is 0 Å². The molecule has 1 aliphatic heterocycles. The number of nitrogens with two attached hydrogens (primary N) is 1. The van der Waals surface area contributed by atoms with Crippen molar-refractivity contribution in [3.63, 3.8) is 0 Å². The lowest BCUT2D eigenvalue weighted by atomic mass is 9.86. The van der Waals surface area contributed by atoms with Crippen LogP contribution in [-0.4, -0.2) is 66.9 Å². The van der Waals surface area contributed by atoms with Crippen LogP contribution in [-0.2, 0) is 4.79 Å². The molecule has 1 aromatic rings. The van der Waals surface area contributed by atoms with Crippen LogP contribution < -0.4 is 11.1 Å². The van der Waals surface area contributed by atoms with Crippen molar-refractivity contribution < 1.29 is 14.0 Å². The minimum absolute atomic E-state index is 0.00925. The molecule has 1 saturated heterocycles. The first kappa shape index (κ1) is 20.3. The average Bonchev–Trinajstić information content (AvgIpc) is 2.60. The second-order valence-electron chi connectivity index (χ2n) is 7.75. The molecular weight excluding hydrogens is 335 g/mol. The van der Waals surface area contributed by atoms with Gasteiger partial charge in [0.25, 0.3) is 5.91 Å². The van der Waals surface area contributed by atoms with Gasteiger partial charge in [0.1, 0.15) is 5.82 Å². The maximum Gasteiger partial charge on any atom is 0.254 e. The Balaban J connectivity index is 1.73. The first-order valence-electron chi connectivity index (χ1n) is 8.99. The molecule has 2 rings (SSSR count). The molecule has 0 spiro atoms. The Bertz CT molecular complexity index is 637. The van der Waals surface area contributed by atoms with Crippen LogP contribution in [0.4, 0.5) is 4.39 Å². The van der Waals surface area contributed by atoms with Gasteiger partial charge in [-0.1, -0.05) is 32.9 Å². The molecule has 1 atom stereocenters. The number of halogens is 1. The summed E-state index contributed by atoms with van der Waals surface area (Å²) >= 11 is 0. The number of hydrogen-bond donors (Lipinski definition) is 2. The minimum Gasteiger partial charge on any atom is -0.351 e. The lowest BCUT2D eigenvalue weighted by Crippen LogP contribution is -2.56. The van der Waals surface area contributed by atoms with E-state index in [0.717, 1.165) is 13.1 Å². The van der Waals surface area contributed by atoms with Gasteiger partial charge in [0, 0.05) is 39.3 Å². The molecule has 1 aliphatic rings. The highest BCUT2D eigenvalue weighted by atomic mass is 19.1. The Hall–Kier alpha value is -1.99. The molecule has 0 radical (unpaired) electrons. The Labute approximate surface area is 154 Å². The average molecular weight is 364 g/mol. The first-order valence-corrected chi connectivity index (χ1v) is 8.99. The van der Waals surface area contributed by atoms with Gasteiger partial charge in [0.05, 0.1) is 11.6 Å². The number of nitrogens with one attached hydrogen (secondary N) is 1. The smallest absolute Gasteiger partial charge is 0.254 e. The number of benzene rings is 1. The Kier molecular flexibility index (Phi) is 6.72. The largest absolute Gasteiger partial charge is 0.351 e. The third kappa shape index (κ3) is 5.25. The zero-order valence-electron chi connectivity index (χ0n) is 15.8. The van der Waals surface area contributed by atoms with E-state index in [1.165, 1.54) is 12.1 Å². The van der Waals surface area contributed by atoms with Gasteiger partial charge in [-0.3, -0.25) is 14.5 Å². The van der Waals surface area contributed by atoms with Crippen LogP contribution in [0, 0.1) is 11.2 Å². The number of carbonyl (C=O) groups is 2. The molecule has 0 aliphatic carbocycles. The van der Waals surface area contributed by atoms with Gasteiger partial charge in [-0.25, -0.2) is 4.39 Å². The topological polar surface area (TPSA) is 78.7 Å². The van der Waals surface area contributed by atoms with Crippen LogP contribution in [0.5, 0.6) is 0 Å². The summed E-state index contributed by atoms with van der Waals surface area (Å²) in [5.41, 5.74) is 5.85. The predicted molar refractivity (Wildman–Crippen MR) is 99.2 cm³/mol. The van der Waals surface area contributed by atoms with Crippen LogP contribution in [0.15, 0.2) is 24.3 Å². The standard InChI is InChI=1S/C19H29FN4O2/c1-19(2,3)16(21)18(26)24-12-10-23(11-13-24)9-8-22-17(25)14-6-4-5-7-15(14)20/h4-7,16H,8-13,21H2,1-3H3,(H,22,25)/t16-/m1/s1. The van der Waals surface area contributed by atoms with E-state index < -0.39 is 17.8 Å². The highest BCUT2D eigenvalue weighted by Crippen LogP contribution is 2.19. The lowest BCUT2D eigenvalue weighted by molar-refractivity contribution is -0.136. The molecule has 1 heterocycles. The quantitative estimate of drug-likeness (QED) is 0.819. The van der Waals surface area contributed by atoms with Crippen molar-refractivity contribution in [2.24, 2.45) is 11.1 Å². The molecule has 1 aromatic carbocycles. The van der Waals surface area contributed by atoms with Gasteiger partial charge in [0.2, 0.25) is 5.91 Å². The zero-order chi connectivity index (χ0) is 19.3. The van der Waals surface area contributed by atoms with Crippen LogP contribution in [0.25, 0.3) is 0 Å². The van der Waals surface area contributed by atoms with Crippen LogP contribution >= 0.6 is 0 Å². The Morgan fingerprint density at radius 3 is 2.38 bits per heavy atom. The van der Waals surface area contributed by atoms with E-state index in [2.05, 4.69) is 10.2 Å². The van der Waals surface area contributed by atoms with Gasteiger partial charge in [0.15, 0.2) is 0 Å². The third-order valence-corrected chi connectivity index (χ3v) is 4.72. The summed E-state index contributed by atoms with van der Waals surface area (Å²) in [6.07, 6.45) is 0. The summed E-state index contributed by atoms with van der Waals surface area (Å²) in [5, 5.41) is 2.74. The number of amides is 2.